The van der Waals surface area contributed by atoms with Crippen LogP contribution in [-0.2, 0) is 3.93 Å². The molecular weight excluding hydrogens is 230 g/mol. The van der Waals surface area contributed by atoms with Gasteiger partial charge >= 0.3 is 0 Å². The van der Waals surface area contributed by atoms with E-state index in [2.05, 4.69) is 36.1 Å². The van der Waals surface area contributed by atoms with Gasteiger partial charge in [0.15, 0.2) is 0 Å². The standard InChI is InChI=1S/C2H5Br2NO2/c3-1-2-5(6)7-4/h6H,1-2H2. The predicted molar refractivity (Wildman–Crippen MR) is 32.3 cm³/mol. The maximum absolute atomic E-state index is 8.39. The summed E-state index contributed by atoms with van der Waals surface area (Å²) in [5, 5.41) is 9.74. The van der Waals surface area contributed by atoms with Gasteiger partial charge in [-0.2, -0.15) is 3.93 Å². The molecule has 0 amide bonds. The molecule has 0 aromatic heterocycles. The van der Waals surface area contributed by atoms with Gasteiger partial charge in [-0.1, -0.05) is 21.2 Å². The normalized spacial score (nSPS) is 10.3. The first-order valence-electron chi connectivity index (χ1n) is 1.62. The Morgan fingerprint density at radius 3 is 2.43 bits per heavy atom. The molecule has 5 heteroatoms. The molecule has 3 nitrogen and oxygen atoms in total. The molecule has 0 fully saturated rings. The lowest BCUT2D eigenvalue weighted by Crippen LogP contribution is -2.16. The summed E-state index contributed by atoms with van der Waals surface area (Å²) in [6.07, 6.45) is 0. The lowest BCUT2D eigenvalue weighted by Gasteiger charge is -2.04. The van der Waals surface area contributed by atoms with Crippen molar-refractivity contribution in [1.82, 2.24) is 5.23 Å². The van der Waals surface area contributed by atoms with E-state index >= 15 is 0 Å². The summed E-state index contributed by atoms with van der Waals surface area (Å²) in [5.74, 6) is 0. The molecule has 0 aromatic carbocycles. The van der Waals surface area contributed by atoms with E-state index in [9.17, 15) is 0 Å². The van der Waals surface area contributed by atoms with E-state index in [0.717, 1.165) is 0 Å². The van der Waals surface area contributed by atoms with Gasteiger partial charge in [0.05, 0.1) is 6.54 Å². The Kier molecular flexibility index (Phi) is 5.58. The zero-order valence-electron chi connectivity index (χ0n) is 3.47. The second-order valence-corrected chi connectivity index (χ2v) is 1.92. The third kappa shape index (κ3) is 4.70. The van der Waals surface area contributed by atoms with E-state index in [4.69, 9.17) is 5.21 Å². The fraction of sp³-hybridized carbons (Fsp3) is 1.00. The second-order valence-electron chi connectivity index (χ2n) is 0.834. The summed E-state index contributed by atoms with van der Waals surface area (Å²) in [5.41, 5.74) is 0. The summed E-state index contributed by atoms with van der Waals surface area (Å²) in [4.78, 5) is 0. The van der Waals surface area contributed by atoms with E-state index in [-0.39, 0.29) is 0 Å². The first-order valence-corrected chi connectivity index (χ1v) is 3.39. The molecule has 0 aliphatic carbocycles. The third-order valence-corrected chi connectivity index (χ3v) is 1.04. The van der Waals surface area contributed by atoms with Crippen LogP contribution in [0.3, 0.4) is 0 Å². The van der Waals surface area contributed by atoms with Crippen molar-refractivity contribution in [2.75, 3.05) is 11.9 Å². The zero-order valence-corrected chi connectivity index (χ0v) is 6.64. The van der Waals surface area contributed by atoms with E-state index in [1.165, 1.54) is 0 Å². The highest BCUT2D eigenvalue weighted by Crippen LogP contribution is 1.91. The Hall–Kier alpha value is 0.840. The summed E-state index contributed by atoms with van der Waals surface area (Å²) < 4.78 is 4.16. The van der Waals surface area contributed by atoms with Crippen molar-refractivity contribution in [3.8, 4) is 0 Å². The van der Waals surface area contributed by atoms with Crippen molar-refractivity contribution in [1.29, 1.82) is 0 Å². The fourth-order valence-corrected chi connectivity index (χ4v) is 0.555. The Bertz CT molecular complexity index is 44.7. The van der Waals surface area contributed by atoms with Crippen LogP contribution in [0.25, 0.3) is 0 Å². The van der Waals surface area contributed by atoms with Crippen LogP contribution >= 0.6 is 32.2 Å². The minimum Gasteiger partial charge on any atom is -0.289 e. The number of hydrogen-bond donors (Lipinski definition) is 1. The monoisotopic (exact) mass is 233 g/mol. The summed E-state index contributed by atoms with van der Waals surface area (Å²) in [6, 6.07) is 0. The highest BCUT2D eigenvalue weighted by molar-refractivity contribution is 9.09. The Morgan fingerprint density at radius 2 is 2.29 bits per heavy atom. The molecule has 0 unspecified atom stereocenters. The fourth-order valence-electron chi connectivity index (χ4n) is 0.107. The molecule has 0 saturated carbocycles. The average Bonchev–Trinajstić information content (AvgIpc) is 1.68. The van der Waals surface area contributed by atoms with Gasteiger partial charge in [0.2, 0.25) is 0 Å². The minimum absolute atomic E-state index is 0.436. The topological polar surface area (TPSA) is 32.7 Å². The maximum Gasteiger partial charge on any atom is 0.128 e. The van der Waals surface area contributed by atoms with Crippen LogP contribution in [0.2, 0.25) is 0 Å². The van der Waals surface area contributed by atoms with Crippen molar-refractivity contribution in [2.45, 2.75) is 0 Å². The van der Waals surface area contributed by atoms with Crippen molar-refractivity contribution in [2.24, 2.45) is 0 Å². The predicted octanol–water partition coefficient (Wildman–Crippen LogP) is 1.31. The summed E-state index contributed by atoms with van der Waals surface area (Å²) >= 11 is 5.66. The van der Waals surface area contributed by atoms with Crippen LogP contribution in [0.1, 0.15) is 0 Å². The van der Waals surface area contributed by atoms with Gasteiger partial charge in [-0.15, -0.1) is 0 Å². The molecule has 0 aliphatic rings. The number of alkyl halides is 1. The molecule has 1 N–H and O–H groups in total. The quantitative estimate of drug-likeness (QED) is 0.591. The first kappa shape index (κ1) is 7.84. The maximum atomic E-state index is 8.39. The highest BCUT2D eigenvalue weighted by atomic mass is 79.9. The molecule has 0 rings (SSSR count). The van der Waals surface area contributed by atoms with Gasteiger partial charge in [0.1, 0.15) is 16.3 Å². The van der Waals surface area contributed by atoms with E-state index < -0.39 is 0 Å². The second kappa shape index (κ2) is 4.99. The van der Waals surface area contributed by atoms with Gasteiger partial charge in [-0.3, -0.25) is 5.21 Å². The zero-order chi connectivity index (χ0) is 5.70. The van der Waals surface area contributed by atoms with Crippen LogP contribution in [0.5, 0.6) is 0 Å². The van der Waals surface area contributed by atoms with Gasteiger partial charge < -0.3 is 0 Å². The minimum atomic E-state index is 0.436. The molecular formula is C2H5Br2NO2. The Balaban J connectivity index is 2.83. The molecule has 0 bridgehead atoms. The van der Waals surface area contributed by atoms with Gasteiger partial charge in [-0.05, 0) is 0 Å². The molecule has 44 valence electrons. The van der Waals surface area contributed by atoms with Crippen LogP contribution in [0.4, 0.5) is 0 Å². The van der Waals surface area contributed by atoms with Crippen LogP contribution in [0, 0.1) is 0 Å². The average molecular weight is 235 g/mol. The van der Waals surface area contributed by atoms with E-state index in [0.29, 0.717) is 17.1 Å². The molecule has 0 saturated heterocycles. The summed E-state index contributed by atoms with van der Waals surface area (Å²) in [7, 11) is 0. The molecule has 0 aliphatic heterocycles. The molecule has 7 heavy (non-hydrogen) atoms. The SMILES string of the molecule is ON(CCBr)OBr. The molecule has 0 radical (unpaired) electrons. The van der Waals surface area contributed by atoms with Crippen molar-refractivity contribution < 1.29 is 9.14 Å². The summed E-state index contributed by atoms with van der Waals surface area (Å²) in [6.45, 7) is 0.436. The van der Waals surface area contributed by atoms with Crippen LogP contribution in [0.15, 0.2) is 0 Å². The number of hydroxylamine groups is 2. The lowest BCUT2D eigenvalue weighted by molar-refractivity contribution is -0.262. The Labute approximate surface area is 58.7 Å². The van der Waals surface area contributed by atoms with Gasteiger partial charge in [0.25, 0.3) is 0 Å². The van der Waals surface area contributed by atoms with Crippen LogP contribution < -0.4 is 0 Å². The molecule has 0 spiro atoms. The first-order chi connectivity index (χ1) is 3.31. The van der Waals surface area contributed by atoms with Crippen LogP contribution in [-0.4, -0.2) is 22.3 Å². The third-order valence-electron chi connectivity index (χ3n) is 0.355. The van der Waals surface area contributed by atoms with E-state index in [1.807, 2.05) is 0 Å². The molecule has 0 atom stereocenters. The van der Waals surface area contributed by atoms with Crippen molar-refractivity contribution in [3.63, 3.8) is 0 Å². The van der Waals surface area contributed by atoms with Gasteiger partial charge in [0, 0.05) is 5.33 Å². The van der Waals surface area contributed by atoms with Crippen molar-refractivity contribution >= 4 is 32.2 Å². The molecule has 0 aromatic rings. The smallest absolute Gasteiger partial charge is 0.128 e. The lowest BCUT2D eigenvalue weighted by atomic mass is 10.8. The van der Waals surface area contributed by atoms with Crippen molar-refractivity contribution in [3.05, 3.63) is 0 Å². The number of nitrogens with zero attached hydrogens (tertiary/aromatic N) is 1. The number of hydrogen-bond acceptors (Lipinski definition) is 3. The molecule has 0 heterocycles. The van der Waals surface area contributed by atoms with E-state index in [1.54, 1.807) is 0 Å². The number of halogens is 2. The largest absolute Gasteiger partial charge is 0.289 e. The highest BCUT2D eigenvalue weighted by Gasteiger charge is 1.92. The number of rotatable bonds is 3. The Morgan fingerprint density at radius 1 is 1.71 bits per heavy atom. The van der Waals surface area contributed by atoms with Gasteiger partial charge in [-0.25, -0.2) is 0 Å².